The topological polar surface area (TPSA) is 30.5 Å². The van der Waals surface area contributed by atoms with Gasteiger partial charge in [0.05, 0.1) is 5.60 Å². The van der Waals surface area contributed by atoms with Crippen molar-refractivity contribution in [3.63, 3.8) is 0 Å². The Morgan fingerprint density at radius 3 is 2.80 bits per heavy atom. The highest BCUT2D eigenvalue weighted by Crippen LogP contribution is 2.36. The van der Waals surface area contributed by atoms with Crippen molar-refractivity contribution in [1.29, 1.82) is 0 Å². The lowest BCUT2D eigenvalue weighted by Gasteiger charge is -2.44. The zero-order chi connectivity index (χ0) is 13.8. The summed E-state index contributed by atoms with van der Waals surface area (Å²) in [5.74, 6) is 1.25. The summed E-state index contributed by atoms with van der Waals surface area (Å²) in [6, 6.07) is 1.39. The van der Waals surface area contributed by atoms with Crippen LogP contribution in [0.4, 0.5) is 0 Å². The minimum absolute atomic E-state index is 0.125. The number of hydrogen-bond donors (Lipinski definition) is 1. The monoisotopic (exact) mass is 299 g/mol. The molecule has 3 nitrogen and oxygen atoms in total. The van der Waals surface area contributed by atoms with E-state index in [1.807, 2.05) is 0 Å². The van der Waals surface area contributed by atoms with Gasteiger partial charge in [0.1, 0.15) is 0 Å². The molecule has 0 aromatic rings. The van der Waals surface area contributed by atoms with Gasteiger partial charge < -0.3 is 14.8 Å². The van der Waals surface area contributed by atoms with E-state index >= 15 is 0 Å². The van der Waals surface area contributed by atoms with E-state index in [0.29, 0.717) is 6.04 Å². The van der Waals surface area contributed by atoms with Gasteiger partial charge in [0, 0.05) is 37.2 Å². The molecule has 1 N–H and O–H groups in total. The third-order valence-corrected chi connectivity index (χ3v) is 6.51. The van der Waals surface area contributed by atoms with Crippen molar-refractivity contribution in [2.75, 3.05) is 25.6 Å². The van der Waals surface area contributed by atoms with Gasteiger partial charge in [0.15, 0.2) is 0 Å². The molecule has 3 rings (SSSR count). The molecule has 0 aromatic carbocycles. The molecule has 0 radical (unpaired) electrons. The van der Waals surface area contributed by atoms with Gasteiger partial charge in [-0.05, 0) is 44.3 Å². The maximum Gasteiger partial charge on any atom is 0.0741 e. The van der Waals surface area contributed by atoms with E-state index in [-0.39, 0.29) is 5.60 Å². The van der Waals surface area contributed by atoms with Crippen molar-refractivity contribution < 1.29 is 9.47 Å². The van der Waals surface area contributed by atoms with E-state index in [0.717, 1.165) is 44.0 Å². The van der Waals surface area contributed by atoms with Crippen LogP contribution < -0.4 is 5.32 Å². The molecule has 2 saturated heterocycles. The summed E-state index contributed by atoms with van der Waals surface area (Å²) >= 11 is 2.15. The first-order valence-electron chi connectivity index (χ1n) is 8.41. The molecule has 0 aromatic heterocycles. The number of ether oxygens (including phenoxy) is 2. The molecule has 1 spiro atoms. The molecule has 116 valence electrons. The van der Waals surface area contributed by atoms with Crippen molar-refractivity contribution in [2.24, 2.45) is 0 Å². The highest BCUT2D eigenvalue weighted by atomic mass is 32.2. The lowest BCUT2D eigenvalue weighted by Crippen LogP contribution is -2.52. The zero-order valence-electron chi connectivity index (χ0n) is 12.7. The molecule has 2 aliphatic heterocycles. The van der Waals surface area contributed by atoms with Gasteiger partial charge in [-0.15, -0.1) is 0 Å². The SMILES string of the molecule is CCSC1CCCC1NC1CCOC2(CCOCC2)C1. The Morgan fingerprint density at radius 2 is 2.00 bits per heavy atom. The molecule has 1 saturated carbocycles. The van der Waals surface area contributed by atoms with Crippen molar-refractivity contribution in [3.8, 4) is 0 Å². The van der Waals surface area contributed by atoms with Crippen molar-refractivity contribution >= 4 is 11.8 Å². The van der Waals surface area contributed by atoms with Crippen molar-refractivity contribution in [1.82, 2.24) is 5.32 Å². The third-order valence-electron chi connectivity index (χ3n) is 5.18. The number of rotatable bonds is 4. The largest absolute Gasteiger partial charge is 0.381 e. The van der Waals surface area contributed by atoms with Crippen LogP contribution >= 0.6 is 11.8 Å². The standard InChI is InChI=1S/C16H29NO2S/c1-2-20-15-5-3-4-14(15)17-13-6-9-19-16(12-13)7-10-18-11-8-16/h13-15,17H,2-12H2,1H3. The van der Waals surface area contributed by atoms with Crippen LogP contribution in [0.1, 0.15) is 51.9 Å². The van der Waals surface area contributed by atoms with Gasteiger partial charge in [0.2, 0.25) is 0 Å². The second-order valence-electron chi connectivity index (χ2n) is 6.53. The lowest BCUT2D eigenvalue weighted by atomic mass is 9.84. The Labute approximate surface area is 127 Å². The van der Waals surface area contributed by atoms with Gasteiger partial charge in [0.25, 0.3) is 0 Å². The normalized spacial score (nSPS) is 37.4. The highest BCUT2D eigenvalue weighted by Gasteiger charge is 2.40. The maximum atomic E-state index is 6.15. The predicted octanol–water partition coefficient (Wildman–Crippen LogP) is 2.98. The van der Waals surface area contributed by atoms with Crippen LogP contribution in [0.15, 0.2) is 0 Å². The minimum atomic E-state index is 0.125. The van der Waals surface area contributed by atoms with E-state index in [9.17, 15) is 0 Å². The fourth-order valence-corrected chi connectivity index (χ4v) is 5.30. The summed E-state index contributed by atoms with van der Waals surface area (Å²) in [6.07, 6.45) is 8.71. The average Bonchev–Trinajstić information content (AvgIpc) is 2.88. The molecule has 0 bridgehead atoms. The lowest BCUT2D eigenvalue weighted by molar-refractivity contribution is -0.140. The fourth-order valence-electron chi connectivity index (χ4n) is 4.09. The molecule has 1 aliphatic carbocycles. The minimum Gasteiger partial charge on any atom is -0.381 e. The smallest absolute Gasteiger partial charge is 0.0741 e. The molecule has 20 heavy (non-hydrogen) atoms. The maximum absolute atomic E-state index is 6.15. The van der Waals surface area contributed by atoms with Gasteiger partial charge in [-0.25, -0.2) is 0 Å². The second kappa shape index (κ2) is 6.99. The zero-order valence-corrected chi connectivity index (χ0v) is 13.6. The van der Waals surface area contributed by atoms with Crippen LogP contribution in [0.25, 0.3) is 0 Å². The predicted molar refractivity (Wildman–Crippen MR) is 84.5 cm³/mol. The Kier molecular flexibility index (Phi) is 5.29. The van der Waals surface area contributed by atoms with Crippen LogP contribution in [0.2, 0.25) is 0 Å². The van der Waals surface area contributed by atoms with E-state index < -0.39 is 0 Å². The van der Waals surface area contributed by atoms with E-state index in [1.54, 1.807) is 0 Å². The Bertz CT molecular complexity index is 301. The first kappa shape index (κ1) is 15.1. The molecule has 2 heterocycles. The summed E-state index contributed by atoms with van der Waals surface area (Å²) in [5, 5.41) is 4.82. The molecule has 3 fully saturated rings. The molecule has 3 atom stereocenters. The van der Waals surface area contributed by atoms with Crippen LogP contribution in [0.3, 0.4) is 0 Å². The third kappa shape index (κ3) is 3.52. The van der Waals surface area contributed by atoms with E-state index in [2.05, 4.69) is 24.0 Å². The number of thioether (sulfide) groups is 1. The summed E-state index contributed by atoms with van der Waals surface area (Å²) in [6.45, 7) is 4.97. The highest BCUT2D eigenvalue weighted by molar-refractivity contribution is 7.99. The Balaban J connectivity index is 1.54. The number of hydrogen-bond acceptors (Lipinski definition) is 4. The van der Waals surface area contributed by atoms with E-state index in [1.165, 1.54) is 37.9 Å². The molecule has 0 amide bonds. The molecular weight excluding hydrogens is 270 g/mol. The van der Waals surface area contributed by atoms with Crippen LogP contribution in [-0.2, 0) is 9.47 Å². The van der Waals surface area contributed by atoms with Crippen LogP contribution in [0.5, 0.6) is 0 Å². The van der Waals surface area contributed by atoms with Crippen LogP contribution in [0, 0.1) is 0 Å². The Morgan fingerprint density at radius 1 is 1.15 bits per heavy atom. The van der Waals surface area contributed by atoms with Crippen LogP contribution in [-0.4, -0.2) is 48.5 Å². The van der Waals surface area contributed by atoms with Gasteiger partial charge >= 0.3 is 0 Å². The molecular formula is C16H29NO2S. The van der Waals surface area contributed by atoms with Gasteiger partial charge in [-0.2, -0.15) is 11.8 Å². The summed E-state index contributed by atoms with van der Waals surface area (Å²) in [7, 11) is 0. The molecule has 3 aliphatic rings. The summed E-state index contributed by atoms with van der Waals surface area (Å²) in [5.41, 5.74) is 0.125. The Hall–Kier alpha value is 0.230. The van der Waals surface area contributed by atoms with E-state index in [4.69, 9.17) is 9.47 Å². The summed E-state index contributed by atoms with van der Waals surface area (Å²) < 4.78 is 11.7. The average molecular weight is 299 g/mol. The van der Waals surface area contributed by atoms with Gasteiger partial charge in [-0.1, -0.05) is 13.3 Å². The number of nitrogens with one attached hydrogen (secondary N) is 1. The first-order valence-corrected chi connectivity index (χ1v) is 9.45. The van der Waals surface area contributed by atoms with Gasteiger partial charge in [-0.3, -0.25) is 0 Å². The molecule has 4 heteroatoms. The fraction of sp³-hybridized carbons (Fsp3) is 1.00. The molecule has 3 unspecified atom stereocenters. The van der Waals surface area contributed by atoms with Crippen molar-refractivity contribution in [3.05, 3.63) is 0 Å². The second-order valence-corrected chi connectivity index (χ2v) is 8.05. The first-order chi connectivity index (χ1) is 9.81. The summed E-state index contributed by atoms with van der Waals surface area (Å²) in [4.78, 5) is 0. The quantitative estimate of drug-likeness (QED) is 0.864. The van der Waals surface area contributed by atoms with Crippen molar-refractivity contribution in [2.45, 2.75) is 74.8 Å².